The summed E-state index contributed by atoms with van der Waals surface area (Å²) in [7, 11) is 0. The number of nitrogens with two attached hydrogens (primary N) is 1. The first-order chi connectivity index (χ1) is 8.22. The molecule has 0 saturated carbocycles. The molecule has 0 aliphatic carbocycles. The topological polar surface area (TPSA) is 46.3 Å². The number of carbonyl (C=O) groups excluding carboxylic acids is 1. The quantitative estimate of drug-likeness (QED) is 0.848. The summed E-state index contributed by atoms with van der Waals surface area (Å²) in [5.41, 5.74) is 7.95. The van der Waals surface area contributed by atoms with Crippen LogP contribution in [0.1, 0.15) is 24.8 Å². The Morgan fingerprint density at radius 2 is 2.18 bits per heavy atom. The molecule has 0 radical (unpaired) electrons. The van der Waals surface area contributed by atoms with Crippen LogP contribution in [-0.2, 0) is 4.79 Å². The molecule has 0 aromatic heterocycles. The molecule has 0 bridgehead atoms. The predicted octanol–water partition coefficient (Wildman–Crippen LogP) is 2.09. The van der Waals surface area contributed by atoms with Crippen molar-refractivity contribution >= 4 is 11.6 Å². The molecule has 1 atom stereocenters. The third-order valence-corrected chi connectivity index (χ3v) is 3.48. The van der Waals surface area contributed by atoms with Gasteiger partial charge in [0.05, 0.1) is 0 Å². The van der Waals surface area contributed by atoms with E-state index in [1.165, 1.54) is 0 Å². The molecule has 1 saturated heterocycles. The number of rotatable bonds is 2. The number of aryl methyl sites for hydroxylation is 1. The molecule has 2 N–H and O–H groups in total. The lowest BCUT2D eigenvalue weighted by Crippen LogP contribution is -2.35. The Bertz CT molecular complexity index is 403. The van der Waals surface area contributed by atoms with Gasteiger partial charge in [-0.3, -0.25) is 4.79 Å². The molecule has 92 valence electrons. The fraction of sp³-hybridized carbons (Fsp3) is 0.500. The minimum atomic E-state index is 0.232. The Morgan fingerprint density at radius 3 is 2.88 bits per heavy atom. The number of carbonyl (C=O) groups is 1. The van der Waals surface area contributed by atoms with Crippen molar-refractivity contribution in [2.45, 2.75) is 26.2 Å². The zero-order valence-corrected chi connectivity index (χ0v) is 10.4. The highest BCUT2D eigenvalue weighted by Crippen LogP contribution is 2.25. The van der Waals surface area contributed by atoms with Crippen LogP contribution in [0.15, 0.2) is 24.3 Å². The van der Waals surface area contributed by atoms with E-state index in [-0.39, 0.29) is 5.91 Å². The van der Waals surface area contributed by atoms with Crippen LogP contribution in [0, 0.1) is 12.8 Å². The molecule has 1 amide bonds. The van der Waals surface area contributed by atoms with E-state index in [4.69, 9.17) is 5.73 Å². The number of anilines is 1. The van der Waals surface area contributed by atoms with E-state index in [1.54, 1.807) is 0 Å². The second-order valence-corrected chi connectivity index (χ2v) is 4.78. The fourth-order valence-electron chi connectivity index (χ4n) is 2.42. The highest BCUT2D eigenvalue weighted by atomic mass is 16.2. The van der Waals surface area contributed by atoms with Crippen LogP contribution < -0.4 is 10.6 Å². The highest BCUT2D eigenvalue weighted by molar-refractivity contribution is 5.94. The largest absolute Gasteiger partial charge is 0.330 e. The number of hydrogen-bond acceptors (Lipinski definition) is 2. The van der Waals surface area contributed by atoms with Gasteiger partial charge in [0.15, 0.2) is 0 Å². The van der Waals surface area contributed by atoms with Gasteiger partial charge < -0.3 is 10.6 Å². The van der Waals surface area contributed by atoms with Crippen LogP contribution in [0.3, 0.4) is 0 Å². The molecular weight excluding hydrogens is 212 g/mol. The molecule has 1 aliphatic rings. The first kappa shape index (κ1) is 12.1. The van der Waals surface area contributed by atoms with Gasteiger partial charge in [-0.1, -0.05) is 18.2 Å². The summed E-state index contributed by atoms with van der Waals surface area (Å²) in [5, 5.41) is 0. The zero-order valence-electron chi connectivity index (χ0n) is 10.4. The standard InChI is InChI=1S/C14H20N2O/c1-11-5-2-3-7-13(11)16-10-12(9-15)6-4-8-14(16)17/h2-3,5,7,12H,4,6,8-10,15H2,1H3. The zero-order chi connectivity index (χ0) is 12.3. The SMILES string of the molecule is Cc1ccccc1N1CC(CN)CCCC1=O. The van der Waals surface area contributed by atoms with E-state index in [9.17, 15) is 4.79 Å². The molecule has 1 unspecified atom stereocenters. The summed E-state index contributed by atoms with van der Waals surface area (Å²) in [6.45, 7) is 3.47. The first-order valence-electron chi connectivity index (χ1n) is 6.28. The smallest absolute Gasteiger partial charge is 0.226 e. The van der Waals surface area contributed by atoms with E-state index < -0.39 is 0 Å². The van der Waals surface area contributed by atoms with Crippen LogP contribution in [0.2, 0.25) is 0 Å². The molecule has 3 nitrogen and oxygen atoms in total. The fourth-order valence-corrected chi connectivity index (χ4v) is 2.42. The maximum atomic E-state index is 12.1. The molecule has 2 rings (SSSR count). The number of amides is 1. The van der Waals surface area contributed by atoms with Gasteiger partial charge in [0.2, 0.25) is 5.91 Å². The van der Waals surface area contributed by atoms with Gasteiger partial charge in [-0.25, -0.2) is 0 Å². The average molecular weight is 232 g/mol. The summed E-state index contributed by atoms with van der Waals surface area (Å²) >= 11 is 0. The van der Waals surface area contributed by atoms with Crippen LogP contribution in [0.5, 0.6) is 0 Å². The highest BCUT2D eigenvalue weighted by Gasteiger charge is 2.24. The summed E-state index contributed by atoms with van der Waals surface area (Å²) in [6, 6.07) is 8.05. The van der Waals surface area contributed by atoms with Gasteiger partial charge in [-0.2, -0.15) is 0 Å². The normalized spacial score (nSPS) is 21.4. The van der Waals surface area contributed by atoms with Gasteiger partial charge in [0, 0.05) is 18.7 Å². The Labute approximate surface area is 103 Å². The van der Waals surface area contributed by atoms with Crippen LogP contribution in [-0.4, -0.2) is 19.0 Å². The first-order valence-corrected chi connectivity index (χ1v) is 6.28. The Morgan fingerprint density at radius 1 is 1.41 bits per heavy atom. The lowest BCUT2D eigenvalue weighted by molar-refractivity contribution is -0.118. The molecule has 1 heterocycles. The number of benzene rings is 1. The van der Waals surface area contributed by atoms with Gasteiger partial charge >= 0.3 is 0 Å². The van der Waals surface area contributed by atoms with Crippen LogP contribution in [0.4, 0.5) is 5.69 Å². The summed E-state index contributed by atoms with van der Waals surface area (Å²) in [4.78, 5) is 14.0. The second-order valence-electron chi connectivity index (χ2n) is 4.78. The molecule has 1 aromatic carbocycles. The summed E-state index contributed by atoms with van der Waals surface area (Å²) in [5.74, 6) is 0.663. The third-order valence-electron chi connectivity index (χ3n) is 3.48. The molecular formula is C14H20N2O. The third kappa shape index (κ3) is 2.67. The van der Waals surface area contributed by atoms with E-state index in [2.05, 4.69) is 0 Å². The molecule has 0 spiro atoms. The molecule has 1 aliphatic heterocycles. The van der Waals surface area contributed by atoms with Gasteiger partial charge in [0.25, 0.3) is 0 Å². The van der Waals surface area contributed by atoms with Crippen molar-refractivity contribution < 1.29 is 4.79 Å². The van der Waals surface area contributed by atoms with E-state index >= 15 is 0 Å². The molecule has 1 aromatic rings. The summed E-state index contributed by atoms with van der Waals surface area (Å²) < 4.78 is 0. The lowest BCUT2D eigenvalue weighted by atomic mass is 10.0. The van der Waals surface area contributed by atoms with Crippen molar-refractivity contribution in [1.29, 1.82) is 0 Å². The van der Waals surface area contributed by atoms with Crippen molar-refractivity contribution in [3.8, 4) is 0 Å². The van der Waals surface area contributed by atoms with Gasteiger partial charge in [-0.15, -0.1) is 0 Å². The molecule has 3 heteroatoms. The molecule has 17 heavy (non-hydrogen) atoms. The van der Waals surface area contributed by atoms with E-state index in [0.29, 0.717) is 18.9 Å². The monoisotopic (exact) mass is 232 g/mol. The predicted molar refractivity (Wildman–Crippen MR) is 69.9 cm³/mol. The van der Waals surface area contributed by atoms with E-state index in [0.717, 1.165) is 30.6 Å². The van der Waals surface area contributed by atoms with Gasteiger partial charge in [-0.05, 0) is 43.9 Å². The average Bonchev–Trinajstić information content (AvgIpc) is 2.52. The van der Waals surface area contributed by atoms with Crippen molar-refractivity contribution in [3.63, 3.8) is 0 Å². The second kappa shape index (κ2) is 5.32. The number of hydrogen-bond donors (Lipinski definition) is 1. The van der Waals surface area contributed by atoms with Crippen molar-refractivity contribution in [3.05, 3.63) is 29.8 Å². The Hall–Kier alpha value is -1.35. The Balaban J connectivity index is 2.28. The van der Waals surface area contributed by atoms with Crippen molar-refractivity contribution in [2.75, 3.05) is 18.0 Å². The van der Waals surface area contributed by atoms with Crippen molar-refractivity contribution in [1.82, 2.24) is 0 Å². The van der Waals surface area contributed by atoms with E-state index in [1.807, 2.05) is 36.1 Å². The Kier molecular flexibility index (Phi) is 3.79. The maximum Gasteiger partial charge on any atom is 0.226 e. The summed E-state index contributed by atoms with van der Waals surface area (Å²) in [6.07, 6.45) is 2.67. The van der Waals surface area contributed by atoms with Gasteiger partial charge in [0.1, 0.15) is 0 Å². The van der Waals surface area contributed by atoms with Crippen LogP contribution in [0.25, 0.3) is 0 Å². The van der Waals surface area contributed by atoms with Crippen molar-refractivity contribution in [2.24, 2.45) is 11.7 Å². The minimum absolute atomic E-state index is 0.232. The maximum absolute atomic E-state index is 12.1. The minimum Gasteiger partial charge on any atom is -0.330 e. The molecule has 1 fully saturated rings. The van der Waals surface area contributed by atoms with Crippen LogP contribution >= 0.6 is 0 Å². The number of nitrogens with zero attached hydrogens (tertiary/aromatic N) is 1. The lowest BCUT2D eigenvalue weighted by Gasteiger charge is -2.25. The number of para-hydroxylation sites is 1.